The van der Waals surface area contributed by atoms with Gasteiger partial charge < -0.3 is 14.9 Å². The average Bonchev–Trinajstić information content (AvgIpc) is 3.24. The largest absolute Gasteiger partial charge is 0.460 e. The molecular weight excluding hydrogens is 390 g/mol. The minimum atomic E-state index is 0.0804. The predicted octanol–water partition coefficient (Wildman–Crippen LogP) is 2.79. The lowest BCUT2D eigenvalue weighted by Gasteiger charge is -2.28. The Labute approximate surface area is 182 Å². The van der Waals surface area contributed by atoms with Gasteiger partial charge in [0.1, 0.15) is 17.5 Å². The van der Waals surface area contributed by atoms with Crippen LogP contribution in [0.25, 0.3) is 0 Å². The third-order valence-electron chi connectivity index (χ3n) is 6.14. The highest BCUT2D eigenvalue weighted by atomic mass is 16.3. The van der Waals surface area contributed by atoms with E-state index in [0.717, 1.165) is 37.4 Å². The van der Waals surface area contributed by atoms with E-state index in [1.54, 1.807) is 17.0 Å². The van der Waals surface area contributed by atoms with Gasteiger partial charge in [0, 0.05) is 24.8 Å². The van der Waals surface area contributed by atoms with Crippen molar-refractivity contribution in [1.82, 2.24) is 4.98 Å². The van der Waals surface area contributed by atoms with Gasteiger partial charge in [0.05, 0.1) is 18.7 Å². The van der Waals surface area contributed by atoms with Crippen LogP contribution in [0.3, 0.4) is 0 Å². The molecule has 2 fully saturated rings. The molecule has 31 heavy (non-hydrogen) atoms. The van der Waals surface area contributed by atoms with Crippen LogP contribution in [-0.4, -0.2) is 59.2 Å². The summed E-state index contributed by atoms with van der Waals surface area (Å²) < 4.78 is 1.91. The molecule has 0 spiro atoms. The number of anilines is 2. The van der Waals surface area contributed by atoms with Crippen LogP contribution >= 0.6 is 0 Å². The standard InChI is InChI=1S/C24H27N5O2/c1-3-18-13-17(2)23(26-16-18)27-9-11-28(12-10-27)24(31)21-7-6-20(14-19(21)15-25)29-8-4-5-22(29)30/h6-7,13-14,16H,3-5,8-12H2,1-2H3/p+1. The highest BCUT2D eigenvalue weighted by molar-refractivity contribution is 5.97. The van der Waals surface area contributed by atoms with Gasteiger partial charge in [-0.1, -0.05) is 13.0 Å². The number of benzene rings is 1. The third-order valence-corrected chi connectivity index (χ3v) is 6.14. The Bertz CT molecular complexity index is 1080. The zero-order valence-electron chi connectivity index (χ0n) is 18.1. The van der Waals surface area contributed by atoms with E-state index < -0.39 is 0 Å². The van der Waals surface area contributed by atoms with E-state index in [2.05, 4.69) is 35.9 Å². The number of aliphatic hydroxyl groups excluding tert-OH is 1. The fourth-order valence-corrected chi connectivity index (χ4v) is 4.36. The summed E-state index contributed by atoms with van der Waals surface area (Å²) in [6, 6.07) is 9.63. The van der Waals surface area contributed by atoms with Crippen LogP contribution in [0, 0.1) is 18.3 Å². The zero-order valence-corrected chi connectivity index (χ0v) is 18.1. The highest BCUT2D eigenvalue weighted by Gasteiger charge is 2.28. The molecule has 1 aromatic heterocycles. The Kier molecular flexibility index (Phi) is 5.90. The molecule has 1 amide bonds. The van der Waals surface area contributed by atoms with E-state index in [9.17, 15) is 15.2 Å². The summed E-state index contributed by atoms with van der Waals surface area (Å²) in [5.74, 6) is 1.19. The molecular formula is C24H28N5O2+. The first-order chi connectivity index (χ1) is 15.0. The highest BCUT2D eigenvalue weighted by Crippen LogP contribution is 2.25. The van der Waals surface area contributed by atoms with Gasteiger partial charge in [0.15, 0.2) is 13.1 Å². The zero-order chi connectivity index (χ0) is 22.0. The van der Waals surface area contributed by atoms with Crippen molar-refractivity contribution in [1.29, 1.82) is 5.26 Å². The van der Waals surface area contributed by atoms with Crippen molar-refractivity contribution in [3.05, 3.63) is 52.7 Å². The topological polar surface area (TPSA) is 83.5 Å². The maximum absolute atomic E-state index is 12.0. The van der Waals surface area contributed by atoms with E-state index in [1.165, 1.54) is 11.1 Å². The number of carbonyl (C=O) groups is 1. The Morgan fingerprint density at radius 3 is 2.65 bits per heavy atom. The molecule has 7 nitrogen and oxygen atoms in total. The van der Waals surface area contributed by atoms with Crippen LogP contribution < -0.4 is 9.80 Å². The maximum atomic E-state index is 12.0. The number of aryl methyl sites for hydroxylation is 2. The molecule has 0 aliphatic carbocycles. The molecule has 2 aromatic rings. The molecule has 1 N–H and O–H groups in total. The Balaban J connectivity index is 1.53. The number of aliphatic hydroxyl groups is 1. The third kappa shape index (κ3) is 4.11. The molecule has 0 saturated carbocycles. The average molecular weight is 419 g/mol. The number of nitrogens with zero attached hydrogens (tertiary/aromatic N) is 5. The van der Waals surface area contributed by atoms with Gasteiger partial charge in [-0.2, -0.15) is 9.84 Å². The molecule has 0 unspecified atom stereocenters. The fraction of sp³-hybridized carbons (Fsp3) is 0.417. The number of hydrogen-bond donors (Lipinski definition) is 1. The van der Waals surface area contributed by atoms with Crippen molar-refractivity contribution in [2.75, 3.05) is 42.5 Å². The summed E-state index contributed by atoms with van der Waals surface area (Å²) in [4.78, 5) is 20.6. The monoisotopic (exact) mass is 418 g/mol. The van der Waals surface area contributed by atoms with Crippen molar-refractivity contribution in [2.24, 2.45) is 0 Å². The summed E-state index contributed by atoms with van der Waals surface area (Å²) in [5.41, 5.74) is 4.00. The second kappa shape index (κ2) is 8.76. The second-order valence-electron chi connectivity index (χ2n) is 8.13. The van der Waals surface area contributed by atoms with E-state index in [4.69, 9.17) is 0 Å². The van der Waals surface area contributed by atoms with Crippen molar-refractivity contribution in [3.8, 4) is 6.07 Å². The lowest BCUT2D eigenvalue weighted by Crippen LogP contribution is -2.45. The lowest BCUT2D eigenvalue weighted by atomic mass is 10.1. The number of carbonyl (C=O) groups excluding carboxylic acids is 1. The smallest absolute Gasteiger partial charge is 0.368 e. The number of nitriles is 1. The number of rotatable bonds is 4. The van der Waals surface area contributed by atoms with E-state index in [-0.39, 0.29) is 11.8 Å². The summed E-state index contributed by atoms with van der Waals surface area (Å²) in [6.45, 7) is 7.64. The molecule has 0 atom stereocenters. The van der Waals surface area contributed by atoms with Crippen LogP contribution in [0.15, 0.2) is 30.5 Å². The molecule has 7 heteroatoms. The first-order valence-electron chi connectivity index (χ1n) is 10.9. The van der Waals surface area contributed by atoms with Gasteiger partial charge in [-0.25, -0.2) is 4.98 Å². The van der Waals surface area contributed by atoms with Crippen molar-refractivity contribution in [3.63, 3.8) is 0 Å². The number of amides is 1. The minimum Gasteiger partial charge on any atom is -0.460 e. The summed E-state index contributed by atoms with van der Waals surface area (Å²) in [5, 5.41) is 20.6. The minimum absolute atomic E-state index is 0.0804. The van der Waals surface area contributed by atoms with E-state index >= 15 is 0 Å². The van der Waals surface area contributed by atoms with Crippen LogP contribution in [0.4, 0.5) is 11.5 Å². The summed E-state index contributed by atoms with van der Waals surface area (Å²) in [7, 11) is 0. The van der Waals surface area contributed by atoms with Gasteiger partial charge in [0.25, 0.3) is 0 Å². The molecule has 2 aliphatic rings. The van der Waals surface area contributed by atoms with Gasteiger partial charge in [-0.15, -0.1) is 0 Å². The van der Waals surface area contributed by atoms with Gasteiger partial charge in [-0.3, -0.25) is 4.79 Å². The molecule has 0 bridgehead atoms. The number of piperazine rings is 1. The fourth-order valence-electron chi connectivity index (χ4n) is 4.36. The second-order valence-corrected chi connectivity index (χ2v) is 8.13. The Hall–Kier alpha value is -3.40. The molecule has 1 aromatic carbocycles. The van der Waals surface area contributed by atoms with Crippen LogP contribution in [-0.2, 0) is 11.2 Å². The number of pyridine rings is 1. The first-order valence-corrected chi connectivity index (χ1v) is 10.9. The molecule has 3 heterocycles. The van der Waals surface area contributed by atoms with Crippen LogP contribution in [0.2, 0.25) is 0 Å². The number of hydrogen-bond acceptors (Lipinski definition) is 4. The van der Waals surface area contributed by atoms with Gasteiger partial charge in [0.2, 0.25) is 5.91 Å². The Morgan fingerprint density at radius 1 is 1.26 bits per heavy atom. The summed E-state index contributed by atoms with van der Waals surface area (Å²) in [6.07, 6.45) is 4.28. The van der Waals surface area contributed by atoms with Crippen molar-refractivity contribution < 1.29 is 14.5 Å². The van der Waals surface area contributed by atoms with Gasteiger partial charge in [-0.05, 0) is 49.1 Å². The number of aromatic nitrogens is 1. The molecule has 160 valence electrons. The lowest BCUT2D eigenvalue weighted by molar-refractivity contribution is -0.536. The SMILES string of the molecule is CCc1cnc(N2CC[N+](=C(O)c3ccc(N4CCCC4=O)cc3C#N)CC2)c(C)c1. The molecule has 4 rings (SSSR count). The quantitative estimate of drug-likeness (QED) is 0.610. The van der Waals surface area contributed by atoms with Gasteiger partial charge >= 0.3 is 5.90 Å². The van der Waals surface area contributed by atoms with E-state index in [1.807, 2.05) is 16.8 Å². The van der Waals surface area contributed by atoms with Crippen molar-refractivity contribution >= 4 is 23.3 Å². The van der Waals surface area contributed by atoms with Crippen LogP contribution in [0.1, 0.15) is 42.0 Å². The molecule has 2 aliphatic heterocycles. The molecule has 2 saturated heterocycles. The van der Waals surface area contributed by atoms with Crippen molar-refractivity contribution in [2.45, 2.75) is 33.1 Å². The molecule has 0 radical (unpaired) electrons. The maximum Gasteiger partial charge on any atom is 0.368 e. The van der Waals surface area contributed by atoms with Crippen LogP contribution in [0.5, 0.6) is 0 Å². The normalized spacial score (nSPS) is 16.5. The first kappa shape index (κ1) is 20.9. The summed E-state index contributed by atoms with van der Waals surface area (Å²) >= 11 is 0. The Morgan fingerprint density at radius 2 is 2.03 bits per heavy atom. The predicted molar refractivity (Wildman–Crippen MR) is 120 cm³/mol. The van der Waals surface area contributed by atoms with E-state index in [0.29, 0.717) is 37.2 Å².